The Morgan fingerprint density at radius 3 is 3.29 bits per heavy atom. The number of hydrogen-bond acceptors (Lipinski definition) is 4. The summed E-state index contributed by atoms with van der Waals surface area (Å²) in [6, 6.07) is 4.79. The van der Waals surface area contributed by atoms with Gasteiger partial charge in [-0.05, 0) is 18.6 Å². The third kappa shape index (κ3) is 2.15. The molecule has 0 aliphatic carbocycles. The van der Waals surface area contributed by atoms with Crippen molar-refractivity contribution in [3.8, 4) is 0 Å². The smallest absolute Gasteiger partial charge is 0.129 e. The molecule has 17 heavy (non-hydrogen) atoms. The van der Waals surface area contributed by atoms with Crippen molar-refractivity contribution in [1.29, 1.82) is 0 Å². The summed E-state index contributed by atoms with van der Waals surface area (Å²) in [5, 5.41) is 3.38. The Kier molecular flexibility index (Phi) is 2.99. The van der Waals surface area contributed by atoms with E-state index in [0.29, 0.717) is 6.04 Å². The third-order valence-electron chi connectivity index (χ3n) is 3.57. The predicted octanol–water partition coefficient (Wildman–Crippen LogP) is 0.952. The highest BCUT2D eigenvalue weighted by Gasteiger charge is 2.21. The first-order chi connectivity index (χ1) is 8.34. The monoisotopic (exact) mass is 233 g/mol. The van der Waals surface area contributed by atoms with Gasteiger partial charge in [0.2, 0.25) is 0 Å². The van der Waals surface area contributed by atoms with Gasteiger partial charge in [0.05, 0.1) is 19.3 Å². The van der Waals surface area contributed by atoms with Gasteiger partial charge in [-0.25, -0.2) is 4.98 Å². The van der Waals surface area contributed by atoms with Crippen LogP contribution < -0.4 is 10.2 Å². The first kappa shape index (κ1) is 11.0. The number of morpholine rings is 1. The Morgan fingerprint density at radius 2 is 2.41 bits per heavy atom. The average molecular weight is 233 g/mol. The fourth-order valence-electron chi connectivity index (χ4n) is 2.55. The highest BCUT2D eigenvalue weighted by Crippen LogP contribution is 2.21. The van der Waals surface area contributed by atoms with Crippen LogP contribution >= 0.6 is 0 Å². The molecule has 1 N–H and O–H groups in total. The van der Waals surface area contributed by atoms with Crippen LogP contribution in [0.5, 0.6) is 0 Å². The minimum atomic E-state index is 0.427. The van der Waals surface area contributed by atoms with Crippen LogP contribution in [0.25, 0.3) is 0 Å². The fraction of sp³-hybridized carbons (Fsp3) is 0.615. The summed E-state index contributed by atoms with van der Waals surface area (Å²) in [5.74, 6) is 1.11. The van der Waals surface area contributed by atoms with E-state index in [-0.39, 0.29) is 0 Å². The molecule has 3 heterocycles. The molecule has 0 aromatic carbocycles. The highest BCUT2D eigenvalue weighted by atomic mass is 16.5. The van der Waals surface area contributed by atoms with Gasteiger partial charge in [0.15, 0.2) is 0 Å². The molecule has 0 radical (unpaired) electrons. The quantitative estimate of drug-likeness (QED) is 0.784. The zero-order valence-corrected chi connectivity index (χ0v) is 10.3. The van der Waals surface area contributed by atoms with E-state index in [4.69, 9.17) is 9.72 Å². The van der Waals surface area contributed by atoms with Crippen LogP contribution in [0.3, 0.4) is 0 Å². The zero-order chi connectivity index (χ0) is 11.7. The number of anilines is 1. The largest absolute Gasteiger partial charge is 0.377 e. The first-order valence-electron chi connectivity index (χ1n) is 6.38. The molecule has 2 aliphatic rings. The fourth-order valence-corrected chi connectivity index (χ4v) is 2.55. The van der Waals surface area contributed by atoms with Crippen molar-refractivity contribution < 1.29 is 4.74 Å². The van der Waals surface area contributed by atoms with Crippen molar-refractivity contribution in [2.45, 2.75) is 25.9 Å². The Bertz CT molecular complexity index is 408. The summed E-state index contributed by atoms with van der Waals surface area (Å²) >= 11 is 0. The van der Waals surface area contributed by atoms with Crippen LogP contribution in [0.15, 0.2) is 12.1 Å². The summed E-state index contributed by atoms with van der Waals surface area (Å²) in [6.45, 7) is 6.77. The van der Waals surface area contributed by atoms with Crippen molar-refractivity contribution in [3.05, 3.63) is 23.4 Å². The number of rotatable bonds is 1. The molecule has 1 fully saturated rings. The maximum Gasteiger partial charge on any atom is 0.129 e. The van der Waals surface area contributed by atoms with Gasteiger partial charge in [0.1, 0.15) is 5.82 Å². The number of nitrogens with one attached hydrogen (secondary N) is 1. The standard InChI is InChI=1S/C13H19N3O/c1-10-9-17-7-6-16(10)13-3-2-11-8-14-5-4-12(11)15-13/h2-3,10,14H,4-9H2,1H3/t10-/m1/s1. The van der Waals surface area contributed by atoms with E-state index >= 15 is 0 Å². The second-order valence-electron chi connectivity index (χ2n) is 4.82. The highest BCUT2D eigenvalue weighted by molar-refractivity contribution is 5.43. The number of aromatic nitrogens is 1. The van der Waals surface area contributed by atoms with Crippen LogP contribution in [-0.2, 0) is 17.7 Å². The van der Waals surface area contributed by atoms with Crippen molar-refractivity contribution in [3.63, 3.8) is 0 Å². The summed E-state index contributed by atoms with van der Waals surface area (Å²) in [7, 11) is 0. The van der Waals surface area contributed by atoms with Gasteiger partial charge >= 0.3 is 0 Å². The molecule has 1 atom stereocenters. The van der Waals surface area contributed by atoms with Crippen molar-refractivity contribution in [1.82, 2.24) is 10.3 Å². The minimum absolute atomic E-state index is 0.427. The SMILES string of the molecule is C[C@@H]1COCCN1c1ccc2c(n1)CCNC2. The maximum absolute atomic E-state index is 5.47. The predicted molar refractivity (Wildman–Crippen MR) is 67.3 cm³/mol. The lowest BCUT2D eigenvalue weighted by atomic mass is 10.1. The van der Waals surface area contributed by atoms with E-state index in [2.05, 4.69) is 29.3 Å². The summed E-state index contributed by atoms with van der Waals surface area (Å²) in [6.07, 6.45) is 1.04. The van der Waals surface area contributed by atoms with Crippen LogP contribution in [0, 0.1) is 0 Å². The summed E-state index contributed by atoms with van der Waals surface area (Å²) in [5.41, 5.74) is 2.61. The molecule has 92 valence electrons. The van der Waals surface area contributed by atoms with Gasteiger partial charge < -0.3 is 15.0 Å². The lowest BCUT2D eigenvalue weighted by Crippen LogP contribution is -2.44. The molecule has 2 aliphatic heterocycles. The number of pyridine rings is 1. The van der Waals surface area contributed by atoms with Crippen molar-refractivity contribution >= 4 is 5.82 Å². The number of nitrogens with zero attached hydrogens (tertiary/aromatic N) is 2. The van der Waals surface area contributed by atoms with E-state index < -0.39 is 0 Å². The Morgan fingerprint density at radius 1 is 1.47 bits per heavy atom. The average Bonchev–Trinajstić information content (AvgIpc) is 2.39. The molecule has 1 aromatic heterocycles. The number of fused-ring (bicyclic) bond motifs is 1. The summed E-state index contributed by atoms with van der Waals surface area (Å²) in [4.78, 5) is 7.17. The van der Waals surface area contributed by atoms with Gasteiger partial charge in [0, 0.05) is 31.7 Å². The Balaban J connectivity index is 1.87. The molecule has 4 heteroatoms. The van der Waals surface area contributed by atoms with Crippen LogP contribution in [0.1, 0.15) is 18.2 Å². The van der Waals surface area contributed by atoms with Crippen LogP contribution in [-0.4, -0.2) is 37.3 Å². The normalized spacial score (nSPS) is 24.5. The van der Waals surface area contributed by atoms with E-state index in [9.17, 15) is 0 Å². The number of hydrogen-bond donors (Lipinski definition) is 1. The van der Waals surface area contributed by atoms with Gasteiger partial charge in [-0.1, -0.05) is 6.07 Å². The van der Waals surface area contributed by atoms with E-state index in [1.54, 1.807) is 0 Å². The van der Waals surface area contributed by atoms with Gasteiger partial charge in [0.25, 0.3) is 0 Å². The maximum atomic E-state index is 5.47. The molecule has 0 spiro atoms. The van der Waals surface area contributed by atoms with E-state index in [0.717, 1.165) is 45.1 Å². The Hall–Kier alpha value is -1.13. The minimum Gasteiger partial charge on any atom is -0.377 e. The number of ether oxygens (including phenoxy) is 1. The van der Waals surface area contributed by atoms with Crippen molar-refractivity contribution in [2.24, 2.45) is 0 Å². The van der Waals surface area contributed by atoms with Crippen molar-refractivity contribution in [2.75, 3.05) is 31.2 Å². The molecule has 0 bridgehead atoms. The van der Waals surface area contributed by atoms with Gasteiger partial charge in [-0.2, -0.15) is 0 Å². The molecule has 1 aromatic rings. The lowest BCUT2D eigenvalue weighted by molar-refractivity contribution is 0.0985. The molecule has 3 rings (SSSR count). The molecular formula is C13H19N3O. The molecule has 0 saturated carbocycles. The second-order valence-corrected chi connectivity index (χ2v) is 4.82. The molecule has 1 saturated heterocycles. The van der Waals surface area contributed by atoms with Crippen LogP contribution in [0.2, 0.25) is 0 Å². The van der Waals surface area contributed by atoms with Gasteiger partial charge in [-0.3, -0.25) is 0 Å². The Labute approximate surface area is 102 Å². The first-order valence-corrected chi connectivity index (χ1v) is 6.38. The second kappa shape index (κ2) is 4.63. The lowest BCUT2D eigenvalue weighted by Gasteiger charge is -2.34. The summed E-state index contributed by atoms with van der Waals surface area (Å²) < 4.78 is 5.47. The third-order valence-corrected chi connectivity index (χ3v) is 3.57. The molecular weight excluding hydrogens is 214 g/mol. The van der Waals surface area contributed by atoms with E-state index in [1.165, 1.54) is 11.3 Å². The molecule has 4 nitrogen and oxygen atoms in total. The van der Waals surface area contributed by atoms with Crippen LogP contribution in [0.4, 0.5) is 5.82 Å². The molecule has 0 amide bonds. The van der Waals surface area contributed by atoms with E-state index in [1.807, 2.05) is 0 Å². The topological polar surface area (TPSA) is 37.4 Å². The zero-order valence-electron chi connectivity index (χ0n) is 10.3. The van der Waals surface area contributed by atoms with Gasteiger partial charge in [-0.15, -0.1) is 0 Å². The molecule has 0 unspecified atom stereocenters.